The molecule has 0 aliphatic heterocycles. The summed E-state index contributed by atoms with van der Waals surface area (Å²) in [4.78, 5) is 7.66. The first-order valence-corrected chi connectivity index (χ1v) is 8.89. The Kier molecular flexibility index (Phi) is 4.63. The van der Waals surface area contributed by atoms with E-state index in [1.165, 1.54) is 19.4 Å². The third-order valence-electron chi connectivity index (χ3n) is 5.00. The van der Waals surface area contributed by atoms with E-state index in [1.54, 1.807) is 10.9 Å². The van der Waals surface area contributed by atoms with Gasteiger partial charge in [0.15, 0.2) is 5.82 Å². The fourth-order valence-electron chi connectivity index (χ4n) is 3.36. The molecular formula is C17H18F4N8. The molecule has 12 heteroatoms. The van der Waals surface area contributed by atoms with Crippen molar-refractivity contribution < 1.29 is 17.6 Å². The third-order valence-corrected chi connectivity index (χ3v) is 5.00. The molecule has 0 radical (unpaired) electrons. The van der Waals surface area contributed by atoms with Crippen LogP contribution < -0.4 is 10.6 Å². The highest BCUT2D eigenvalue weighted by Gasteiger charge is 2.36. The van der Waals surface area contributed by atoms with Gasteiger partial charge in [0, 0.05) is 13.2 Å². The van der Waals surface area contributed by atoms with Gasteiger partial charge in [0.25, 0.3) is 0 Å². The van der Waals surface area contributed by atoms with Gasteiger partial charge in [-0.1, -0.05) is 0 Å². The third kappa shape index (κ3) is 3.61. The summed E-state index contributed by atoms with van der Waals surface area (Å²) < 4.78 is 55.5. The summed E-state index contributed by atoms with van der Waals surface area (Å²) in [7, 11) is 1.36. The minimum Gasteiger partial charge on any atom is -0.372 e. The highest BCUT2D eigenvalue weighted by molar-refractivity contribution is 5.58. The second kappa shape index (κ2) is 7.01. The Morgan fingerprint density at radius 3 is 2.48 bits per heavy atom. The maximum absolute atomic E-state index is 13.1. The number of aromatic nitrogens is 6. The van der Waals surface area contributed by atoms with Crippen molar-refractivity contribution in [2.75, 3.05) is 17.7 Å². The number of anilines is 3. The van der Waals surface area contributed by atoms with Crippen LogP contribution in [0.2, 0.25) is 0 Å². The van der Waals surface area contributed by atoms with E-state index < -0.39 is 11.7 Å². The molecule has 2 N–H and O–H groups in total. The van der Waals surface area contributed by atoms with Crippen molar-refractivity contribution in [1.82, 2.24) is 29.5 Å². The smallest absolute Gasteiger partial charge is 0.372 e. The minimum atomic E-state index is -4.55. The highest BCUT2D eigenvalue weighted by atomic mass is 19.4. The maximum Gasteiger partial charge on any atom is 0.421 e. The molecule has 0 unspecified atom stereocenters. The fraction of sp³-hybridized carbons (Fsp3) is 0.412. The van der Waals surface area contributed by atoms with Gasteiger partial charge >= 0.3 is 6.18 Å². The summed E-state index contributed by atoms with van der Waals surface area (Å²) in [6.45, 7) is 1.85. The Balaban J connectivity index is 1.47. The highest BCUT2D eigenvalue weighted by Crippen LogP contribution is 2.42. The summed E-state index contributed by atoms with van der Waals surface area (Å²) >= 11 is 0. The van der Waals surface area contributed by atoms with Gasteiger partial charge in [0.1, 0.15) is 11.4 Å². The van der Waals surface area contributed by atoms with Crippen LogP contribution in [-0.4, -0.2) is 36.6 Å². The lowest BCUT2D eigenvalue weighted by atomic mass is 9.87. The molecule has 1 saturated carbocycles. The molecular weight excluding hydrogens is 392 g/mol. The van der Waals surface area contributed by atoms with E-state index in [2.05, 4.69) is 30.8 Å². The van der Waals surface area contributed by atoms with Gasteiger partial charge in [0.05, 0.1) is 42.1 Å². The average molecular weight is 410 g/mol. The molecule has 3 aromatic rings. The van der Waals surface area contributed by atoms with Gasteiger partial charge in [-0.25, -0.2) is 9.37 Å². The Hall–Kier alpha value is -3.18. The number of hydrogen-bond acceptors (Lipinski definition) is 6. The average Bonchev–Trinajstić information content (AvgIpc) is 3.20. The van der Waals surface area contributed by atoms with E-state index in [0.717, 1.165) is 24.7 Å². The lowest BCUT2D eigenvalue weighted by Gasteiger charge is -2.36. The van der Waals surface area contributed by atoms with E-state index in [1.807, 2.05) is 11.6 Å². The monoisotopic (exact) mass is 410 g/mol. The van der Waals surface area contributed by atoms with Crippen LogP contribution in [0.15, 0.2) is 24.8 Å². The molecule has 0 bridgehead atoms. The summed E-state index contributed by atoms with van der Waals surface area (Å²) in [5.41, 5.74) is 0.462. The Morgan fingerprint density at radius 1 is 1.10 bits per heavy atom. The van der Waals surface area contributed by atoms with Crippen molar-refractivity contribution in [1.29, 1.82) is 0 Å². The second-order valence-electron chi connectivity index (χ2n) is 6.83. The van der Waals surface area contributed by atoms with Gasteiger partial charge in [-0.3, -0.25) is 9.36 Å². The van der Waals surface area contributed by atoms with Crippen LogP contribution in [0.3, 0.4) is 0 Å². The first kappa shape index (κ1) is 19.2. The summed E-state index contributed by atoms with van der Waals surface area (Å²) in [6, 6.07) is 0.241. The van der Waals surface area contributed by atoms with Gasteiger partial charge < -0.3 is 10.6 Å². The molecule has 154 valence electrons. The van der Waals surface area contributed by atoms with E-state index >= 15 is 0 Å². The first-order valence-electron chi connectivity index (χ1n) is 8.89. The van der Waals surface area contributed by atoms with Gasteiger partial charge in [0.2, 0.25) is 5.95 Å². The summed E-state index contributed by atoms with van der Waals surface area (Å²) in [6.07, 6.45) is 1.82. The molecule has 0 aromatic carbocycles. The number of alkyl halides is 3. The molecule has 0 spiro atoms. The van der Waals surface area contributed by atoms with Crippen LogP contribution in [0, 0.1) is 12.7 Å². The zero-order valence-corrected chi connectivity index (χ0v) is 15.6. The van der Waals surface area contributed by atoms with Gasteiger partial charge in [-0.15, -0.1) is 0 Å². The van der Waals surface area contributed by atoms with Crippen LogP contribution in [0.1, 0.15) is 36.2 Å². The number of rotatable bonds is 5. The normalized spacial score (nSPS) is 19.1. The molecule has 0 amide bonds. The van der Waals surface area contributed by atoms with Crippen molar-refractivity contribution in [2.45, 2.75) is 38.0 Å². The Labute approximate surface area is 163 Å². The zero-order chi connectivity index (χ0) is 20.8. The van der Waals surface area contributed by atoms with Crippen LogP contribution in [0.25, 0.3) is 0 Å². The Morgan fingerprint density at radius 2 is 1.86 bits per heavy atom. The molecule has 8 nitrogen and oxygen atoms in total. The van der Waals surface area contributed by atoms with Crippen molar-refractivity contribution in [3.8, 4) is 0 Å². The summed E-state index contributed by atoms with van der Waals surface area (Å²) in [5, 5.41) is 13.7. The summed E-state index contributed by atoms with van der Waals surface area (Å²) in [5.74, 6) is -0.649. The van der Waals surface area contributed by atoms with Crippen molar-refractivity contribution >= 4 is 17.5 Å². The van der Waals surface area contributed by atoms with Crippen LogP contribution in [0.4, 0.5) is 35.0 Å². The molecule has 3 aromatic heterocycles. The standard InChI is InChI=1S/C17H18F4N8/c1-9-14(26-16-23-6-13(17(19,20)21)15(22-2)27-16)7-25-29(9)12-3-11(4-12)28-8-10(18)5-24-28/h5-8,11-12H,3-4H2,1-2H3,(H2,22,23,26,27)/t11-,12-. The SMILES string of the molecule is CNc1nc(Nc2cnn([C@H]3C[C@H](n4cc(F)cn4)C3)c2C)ncc1C(F)(F)F. The largest absolute Gasteiger partial charge is 0.421 e. The maximum atomic E-state index is 13.1. The number of nitrogens with zero attached hydrogens (tertiary/aromatic N) is 6. The zero-order valence-electron chi connectivity index (χ0n) is 15.6. The Bertz CT molecular complexity index is 1020. The number of halogens is 4. The number of hydrogen-bond donors (Lipinski definition) is 2. The number of nitrogens with one attached hydrogen (secondary N) is 2. The van der Waals surface area contributed by atoms with Crippen molar-refractivity contribution in [3.05, 3.63) is 41.9 Å². The molecule has 1 aliphatic rings. The minimum absolute atomic E-state index is 0.0310. The quantitative estimate of drug-likeness (QED) is 0.624. The molecule has 0 saturated heterocycles. The lowest BCUT2D eigenvalue weighted by molar-refractivity contribution is -0.137. The van der Waals surface area contributed by atoms with Gasteiger partial charge in [-0.2, -0.15) is 28.4 Å². The van der Waals surface area contributed by atoms with Crippen molar-refractivity contribution in [3.63, 3.8) is 0 Å². The lowest BCUT2D eigenvalue weighted by Crippen LogP contribution is -2.30. The molecule has 4 rings (SSSR count). The fourth-order valence-corrected chi connectivity index (χ4v) is 3.36. The second-order valence-corrected chi connectivity index (χ2v) is 6.83. The van der Waals surface area contributed by atoms with E-state index in [9.17, 15) is 17.6 Å². The molecule has 0 atom stereocenters. The first-order chi connectivity index (χ1) is 13.8. The van der Waals surface area contributed by atoms with Crippen LogP contribution in [-0.2, 0) is 6.18 Å². The van der Waals surface area contributed by atoms with Gasteiger partial charge in [-0.05, 0) is 19.8 Å². The van der Waals surface area contributed by atoms with E-state index in [-0.39, 0.29) is 29.7 Å². The van der Waals surface area contributed by atoms with Crippen molar-refractivity contribution in [2.24, 2.45) is 0 Å². The molecule has 3 heterocycles. The van der Waals surface area contributed by atoms with Crippen LogP contribution >= 0.6 is 0 Å². The predicted molar refractivity (Wildman–Crippen MR) is 96.3 cm³/mol. The predicted octanol–water partition coefficient (Wildman–Crippen LogP) is 3.70. The molecule has 1 aliphatic carbocycles. The van der Waals surface area contributed by atoms with Crippen LogP contribution in [0.5, 0.6) is 0 Å². The molecule has 1 fully saturated rings. The topological polar surface area (TPSA) is 85.5 Å². The van der Waals surface area contributed by atoms with E-state index in [4.69, 9.17) is 0 Å². The van der Waals surface area contributed by atoms with E-state index in [0.29, 0.717) is 5.69 Å². The molecule has 29 heavy (non-hydrogen) atoms.